The molecule has 1 saturated heterocycles. The molecule has 0 amide bonds. The van der Waals surface area contributed by atoms with Gasteiger partial charge < -0.3 is 4.90 Å². The first-order chi connectivity index (χ1) is 12.5. The second kappa shape index (κ2) is 6.74. The number of benzene rings is 2. The van der Waals surface area contributed by atoms with E-state index < -0.39 is 0 Å². The van der Waals surface area contributed by atoms with Crippen molar-refractivity contribution in [2.24, 2.45) is 5.92 Å². The predicted molar refractivity (Wildman–Crippen MR) is 111 cm³/mol. The third-order valence-corrected chi connectivity index (χ3v) is 6.90. The number of nitrogens with zero attached hydrogens (tertiary/aromatic N) is 2. The van der Waals surface area contributed by atoms with Crippen molar-refractivity contribution >= 4 is 5.69 Å². The highest BCUT2D eigenvalue weighted by atomic mass is 15.3. The molecule has 2 heteroatoms. The van der Waals surface area contributed by atoms with E-state index in [9.17, 15) is 0 Å². The average molecular weight is 349 g/mol. The number of hydrogen-bond acceptors (Lipinski definition) is 2. The van der Waals surface area contributed by atoms with E-state index in [1.54, 1.807) is 0 Å². The quantitative estimate of drug-likeness (QED) is 0.784. The van der Waals surface area contributed by atoms with Gasteiger partial charge >= 0.3 is 0 Å². The highest BCUT2D eigenvalue weighted by molar-refractivity contribution is 5.54. The van der Waals surface area contributed by atoms with E-state index >= 15 is 0 Å². The van der Waals surface area contributed by atoms with E-state index in [4.69, 9.17) is 0 Å². The van der Waals surface area contributed by atoms with Gasteiger partial charge in [-0.3, -0.25) is 4.90 Å². The van der Waals surface area contributed by atoms with Gasteiger partial charge in [0.25, 0.3) is 0 Å². The molecule has 138 valence electrons. The van der Waals surface area contributed by atoms with Crippen molar-refractivity contribution in [2.75, 3.05) is 31.1 Å². The first-order valence-corrected chi connectivity index (χ1v) is 10.1. The Kier molecular flexibility index (Phi) is 4.56. The van der Waals surface area contributed by atoms with Gasteiger partial charge in [-0.1, -0.05) is 55.0 Å². The van der Waals surface area contributed by atoms with Gasteiger partial charge in [0, 0.05) is 37.9 Å². The molecule has 2 fully saturated rings. The minimum Gasteiger partial charge on any atom is -0.369 e. The summed E-state index contributed by atoms with van der Waals surface area (Å²) in [7, 11) is 0. The largest absolute Gasteiger partial charge is 0.369 e. The van der Waals surface area contributed by atoms with Crippen LogP contribution in [0.15, 0.2) is 48.5 Å². The number of piperazine rings is 1. The van der Waals surface area contributed by atoms with Gasteiger partial charge in [0.2, 0.25) is 0 Å². The topological polar surface area (TPSA) is 6.48 Å². The standard InChI is InChI=1S/C24H32N2/c1-18-10-11-23(19(2)16-18)26-14-12-25(13-15-26)20(3)22-17-24(22,4)21-8-6-5-7-9-21/h5-11,16,20,22H,12-15,17H2,1-4H3/t20-,22+,24+/m0/s1. The first kappa shape index (κ1) is 17.6. The maximum Gasteiger partial charge on any atom is 0.0396 e. The molecule has 2 aromatic carbocycles. The molecule has 2 aliphatic rings. The minimum atomic E-state index is 0.380. The van der Waals surface area contributed by atoms with Crippen LogP contribution in [0.25, 0.3) is 0 Å². The van der Waals surface area contributed by atoms with E-state index in [-0.39, 0.29) is 0 Å². The molecule has 0 unspecified atom stereocenters. The van der Waals surface area contributed by atoms with Gasteiger partial charge in [-0.25, -0.2) is 0 Å². The van der Waals surface area contributed by atoms with Gasteiger partial charge in [0.1, 0.15) is 0 Å². The molecular formula is C24H32N2. The van der Waals surface area contributed by atoms with Crippen molar-refractivity contribution in [2.45, 2.75) is 45.6 Å². The molecule has 1 heterocycles. The molecule has 4 rings (SSSR count). The summed E-state index contributed by atoms with van der Waals surface area (Å²) in [6, 6.07) is 18.6. The molecule has 1 saturated carbocycles. The Balaban J connectivity index is 1.38. The van der Waals surface area contributed by atoms with Crippen molar-refractivity contribution in [3.05, 3.63) is 65.2 Å². The summed E-state index contributed by atoms with van der Waals surface area (Å²) in [4.78, 5) is 5.29. The number of rotatable bonds is 4. The molecule has 0 bridgehead atoms. The number of hydrogen-bond donors (Lipinski definition) is 0. The smallest absolute Gasteiger partial charge is 0.0396 e. The van der Waals surface area contributed by atoms with E-state index in [1.165, 1.54) is 41.9 Å². The zero-order chi connectivity index (χ0) is 18.3. The van der Waals surface area contributed by atoms with E-state index in [2.05, 4.69) is 86.0 Å². The van der Waals surface area contributed by atoms with Crippen LogP contribution in [0.2, 0.25) is 0 Å². The second-order valence-corrected chi connectivity index (χ2v) is 8.65. The Labute approximate surface area is 158 Å². The second-order valence-electron chi connectivity index (χ2n) is 8.65. The summed E-state index contributed by atoms with van der Waals surface area (Å²) in [6.07, 6.45) is 1.33. The molecule has 26 heavy (non-hydrogen) atoms. The van der Waals surface area contributed by atoms with Crippen molar-refractivity contribution in [3.8, 4) is 0 Å². The average Bonchev–Trinajstić information content (AvgIpc) is 3.35. The zero-order valence-electron chi connectivity index (χ0n) is 16.7. The first-order valence-electron chi connectivity index (χ1n) is 10.1. The molecule has 2 aromatic rings. The Morgan fingerprint density at radius 1 is 0.962 bits per heavy atom. The normalized spacial score (nSPS) is 27.4. The molecule has 0 spiro atoms. The molecule has 2 nitrogen and oxygen atoms in total. The summed E-state index contributed by atoms with van der Waals surface area (Å²) < 4.78 is 0. The van der Waals surface area contributed by atoms with E-state index in [0.717, 1.165) is 19.0 Å². The van der Waals surface area contributed by atoms with Crippen LogP contribution in [0.3, 0.4) is 0 Å². The molecule has 1 aliphatic heterocycles. The van der Waals surface area contributed by atoms with Gasteiger partial charge in [0.05, 0.1) is 0 Å². The van der Waals surface area contributed by atoms with Crippen LogP contribution in [-0.2, 0) is 5.41 Å². The fraction of sp³-hybridized carbons (Fsp3) is 0.500. The molecule has 0 N–H and O–H groups in total. The van der Waals surface area contributed by atoms with Crippen LogP contribution in [0, 0.1) is 19.8 Å². The maximum atomic E-state index is 2.72. The Hall–Kier alpha value is -1.80. The lowest BCUT2D eigenvalue weighted by Crippen LogP contribution is -2.50. The Morgan fingerprint density at radius 2 is 1.65 bits per heavy atom. The summed E-state index contributed by atoms with van der Waals surface area (Å²) >= 11 is 0. The minimum absolute atomic E-state index is 0.380. The zero-order valence-corrected chi connectivity index (χ0v) is 16.7. The van der Waals surface area contributed by atoms with Gasteiger partial charge in [0.15, 0.2) is 0 Å². The SMILES string of the molecule is Cc1ccc(N2CCN([C@@H](C)[C@H]3C[C@]3(C)c3ccccc3)CC2)c(C)c1. The van der Waals surface area contributed by atoms with Crippen molar-refractivity contribution in [1.82, 2.24) is 4.90 Å². The van der Waals surface area contributed by atoms with Crippen LogP contribution >= 0.6 is 0 Å². The Morgan fingerprint density at radius 3 is 2.31 bits per heavy atom. The van der Waals surface area contributed by atoms with Crippen LogP contribution in [0.5, 0.6) is 0 Å². The van der Waals surface area contributed by atoms with Gasteiger partial charge in [-0.05, 0) is 55.7 Å². The molecule has 3 atom stereocenters. The molecule has 1 aliphatic carbocycles. The van der Waals surface area contributed by atoms with Gasteiger partial charge in [-0.2, -0.15) is 0 Å². The lowest BCUT2D eigenvalue weighted by molar-refractivity contribution is 0.172. The van der Waals surface area contributed by atoms with E-state index in [0.29, 0.717) is 11.5 Å². The fourth-order valence-electron chi connectivity index (χ4n) is 5.04. The van der Waals surface area contributed by atoms with Crippen LogP contribution < -0.4 is 4.90 Å². The predicted octanol–water partition coefficient (Wildman–Crippen LogP) is 4.79. The lowest BCUT2D eigenvalue weighted by atomic mass is 9.92. The third-order valence-electron chi connectivity index (χ3n) is 6.90. The molecular weight excluding hydrogens is 316 g/mol. The summed E-state index contributed by atoms with van der Waals surface area (Å²) in [5.74, 6) is 0.789. The van der Waals surface area contributed by atoms with E-state index in [1.807, 2.05) is 0 Å². The van der Waals surface area contributed by atoms with Crippen molar-refractivity contribution in [3.63, 3.8) is 0 Å². The maximum absolute atomic E-state index is 2.72. The highest BCUT2D eigenvalue weighted by Gasteiger charge is 2.54. The van der Waals surface area contributed by atoms with Crippen molar-refractivity contribution in [1.29, 1.82) is 0 Å². The van der Waals surface area contributed by atoms with Crippen LogP contribution in [-0.4, -0.2) is 37.1 Å². The summed E-state index contributed by atoms with van der Waals surface area (Å²) in [6.45, 7) is 14.0. The number of aryl methyl sites for hydroxylation is 2. The monoisotopic (exact) mass is 348 g/mol. The lowest BCUT2D eigenvalue weighted by Gasteiger charge is -2.40. The van der Waals surface area contributed by atoms with Crippen LogP contribution in [0.1, 0.15) is 37.0 Å². The Bertz CT molecular complexity index is 761. The van der Waals surface area contributed by atoms with Crippen molar-refractivity contribution < 1.29 is 0 Å². The molecule has 0 aromatic heterocycles. The van der Waals surface area contributed by atoms with Crippen LogP contribution in [0.4, 0.5) is 5.69 Å². The number of anilines is 1. The summed E-state index contributed by atoms with van der Waals surface area (Å²) in [5.41, 5.74) is 6.08. The highest BCUT2D eigenvalue weighted by Crippen LogP contribution is 2.56. The molecule has 0 radical (unpaired) electrons. The summed E-state index contributed by atoms with van der Waals surface area (Å²) in [5, 5.41) is 0. The van der Waals surface area contributed by atoms with Gasteiger partial charge in [-0.15, -0.1) is 0 Å². The fourth-order valence-corrected chi connectivity index (χ4v) is 5.04. The third kappa shape index (κ3) is 3.16.